The van der Waals surface area contributed by atoms with Gasteiger partial charge in [-0.25, -0.2) is 9.07 Å². The number of ether oxygens (including phenoxy) is 1. The van der Waals surface area contributed by atoms with Crippen LogP contribution in [0.2, 0.25) is 0 Å². The van der Waals surface area contributed by atoms with E-state index >= 15 is 0 Å². The Morgan fingerprint density at radius 3 is 2.15 bits per heavy atom. The quantitative estimate of drug-likeness (QED) is 0.213. The van der Waals surface area contributed by atoms with Crippen LogP contribution in [0.1, 0.15) is 18.1 Å². The number of halogens is 1. The number of para-hydroxylation sites is 2. The number of anilines is 1. The fourth-order valence-electron chi connectivity index (χ4n) is 4.47. The average molecular weight is 529 g/mol. The normalized spacial score (nSPS) is 14.1. The summed E-state index contributed by atoms with van der Waals surface area (Å²) in [5.74, 6) is 0.219. The molecule has 0 N–H and O–H groups in total. The molecule has 0 fully saturated rings. The Morgan fingerprint density at radius 2 is 1.48 bits per heavy atom. The number of hydrogen-bond donors (Lipinski definition) is 0. The van der Waals surface area contributed by atoms with E-state index in [2.05, 4.69) is 5.10 Å². The number of aromatic nitrogens is 2. The highest BCUT2D eigenvalue weighted by Gasteiger charge is 2.29. The zero-order chi connectivity index (χ0) is 27.5. The number of hydrazone groups is 1. The van der Waals surface area contributed by atoms with Gasteiger partial charge >= 0.3 is 0 Å². The first-order valence-corrected chi connectivity index (χ1v) is 12.8. The van der Waals surface area contributed by atoms with Crippen LogP contribution in [0.15, 0.2) is 126 Å². The van der Waals surface area contributed by atoms with Crippen molar-refractivity contribution in [3.05, 3.63) is 138 Å². The van der Waals surface area contributed by atoms with E-state index in [4.69, 9.17) is 9.84 Å². The van der Waals surface area contributed by atoms with E-state index in [1.54, 1.807) is 12.1 Å². The van der Waals surface area contributed by atoms with E-state index in [-0.39, 0.29) is 11.7 Å². The fraction of sp³-hybridized carbons (Fsp3) is 0.0606. The second-order valence-electron chi connectivity index (χ2n) is 9.35. The molecule has 4 aromatic carbocycles. The van der Waals surface area contributed by atoms with Gasteiger partial charge in [-0.3, -0.25) is 4.79 Å². The van der Waals surface area contributed by atoms with Crippen LogP contribution in [-0.2, 0) is 11.4 Å². The molecular formula is C33H25FN4O2. The number of nitrogens with zero attached hydrogens (tertiary/aromatic N) is 4. The summed E-state index contributed by atoms with van der Waals surface area (Å²) in [4.78, 5) is 13.4. The van der Waals surface area contributed by atoms with Gasteiger partial charge in [0.15, 0.2) is 0 Å². The molecule has 40 heavy (non-hydrogen) atoms. The molecule has 0 saturated heterocycles. The number of carbonyl (C=O) groups excluding carboxylic acids is 1. The molecule has 1 amide bonds. The van der Waals surface area contributed by atoms with Crippen molar-refractivity contribution in [2.24, 2.45) is 5.10 Å². The van der Waals surface area contributed by atoms with Crippen molar-refractivity contribution in [1.82, 2.24) is 9.78 Å². The van der Waals surface area contributed by atoms with Gasteiger partial charge in [-0.1, -0.05) is 48.5 Å². The lowest BCUT2D eigenvalue weighted by molar-refractivity contribution is -0.114. The molecule has 6 rings (SSSR count). The molecule has 1 aliphatic rings. The molecule has 0 bridgehead atoms. The topological polar surface area (TPSA) is 59.7 Å². The first-order chi connectivity index (χ1) is 19.5. The summed E-state index contributed by atoms with van der Waals surface area (Å²) in [5, 5.41) is 10.8. The molecule has 0 aliphatic carbocycles. The second kappa shape index (κ2) is 10.8. The third-order valence-corrected chi connectivity index (χ3v) is 6.57. The fourth-order valence-corrected chi connectivity index (χ4v) is 4.47. The lowest BCUT2D eigenvalue weighted by atomic mass is 10.0. The van der Waals surface area contributed by atoms with Crippen molar-refractivity contribution in [3.63, 3.8) is 0 Å². The maximum Gasteiger partial charge on any atom is 0.280 e. The highest BCUT2D eigenvalue weighted by atomic mass is 19.1. The first kappa shape index (κ1) is 25.0. The summed E-state index contributed by atoms with van der Waals surface area (Å²) < 4.78 is 20.9. The zero-order valence-electron chi connectivity index (χ0n) is 21.7. The predicted molar refractivity (Wildman–Crippen MR) is 155 cm³/mol. The molecule has 6 nitrogen and oxygen atoms in total. The van der Waals surface area contributed by atoms with Crippen molar-refractivity contribution < 1.29 is 13.9 Å². The van der Waals surface area contributed by atoms with E-state index in [9.17, 15) is 9.18 Å². The van der Waals surface area contributed by atoms with Crippen LogP contribution in [0.3, 0.4) is 0 Å². The van der Waals surface area contributed by atoms with E-state index in [1.807, 2.05) is 109 Å². The highest BCUT2D eigenvalue weighted by molar-refractivity contribution is 6.32. The number of benzene rings is 4. The number of amides is 1. The Hall–Kier alpha value is -5.30. The molecule has 2 heterocycles. The SMILES string of the molecule is CC1=NN(c2ccccc2)C(=O)C1=Cc1cn(-c2ccccc2)nc1-c1ccc(OCc2ccc(F)cc2)cc1. The van der Waals surface area contributed by atoms with Gasteiger partial charge in [-0.2, -0.15) is 15.2 Å². The van der Waals surface area contributed by atoms with Gasteiger partial charge in [0.2, 0.25) is 0 Å². The lowest BCUT2D eigenvalue weighted by Crippen LogP contribution is -2.21. The number of hydrogen-bond acceptors (Lipinski definition) is 4. The average Bonchev–Trinajstić information content (AvgIpc) is 3.55. The monoisotopic (exact) mass is 528 g/mol. The van der Waals surface area contributed by atoms with Gasteiger partial charge in [0.05, 0.1) is 28.4 Å². The summed E-state index contributed by atoms with van der Waals surface area (Å²) in [6, 6.07) is 33.1. The van der Waals surface area contributed by atoms with Crippen molar-refractivity contribution in [1.29, 1.82) is 0 Å². The van der Waals surface area contributed by atoms with E-state index in [0.717, 1.165) is 28.1 Å². The second-order valence-corrected chi connectivity index (χ2v) is 9.35. The maximum atomic E-state index is 13.4. The Labute approximate surface area is 231 Å². The van der Waals surface area contributed by atoms with Gasteiger partial charge in [0.25, 0.3) is 5.91 Å². The largest absolute Gasteiger partial charge is 0.489 e. The zero-order valence-corrected chi connectivity index (χ0v) is 21.7. The van der Waals surface area contributed by atoms with Crippen LogP contribution in [-0.4, -0.2) is 21.4 Å². The van der Waals surface area contributed by atoms with Gasteiger partial charge in [-0.05, 0) is 79.2 Å². The first-order valence-electron chi connectivity index (χ1n) is 12.8. The molecule has 0 spiro atoms. The molecule has 0 atom stereocenters. The molecule has 7 heteroatoms. The maximum absolute atomic E-state index is 13.4. The van der Waals surface area contributed by atoms with E-state index in [0.29, 0.717) is 29.3 Å². The van der Waals surface area contributed by atoms with E-state index in [1.165, 1.54) is 17.1 Å². The molecule has 1 aromatic heterocycles. The van der Waals surface area contributed by atoms with Crippen molar-refractivity contribution in [2.45, 2.75) is 13.5 Å². The third kappa shape index (κ3) is 5.17. The minimum Gasteiger partial charge on any atom is -0.489 e. The Balaban J connectivity index is 1.32. The van der Waals surface area contributed by atoms with Crippen molar-refractivity contribution in [2.75, 3.05) is 5.01 Å². The minimum absolute atomic E-state index is 0.188. The van der Waals surface area contributed by atoms with Crippen molar-refractivity contribution >= 4 is 23.4 Å². The van der Waals surface area contributed by atoms with E-state index < -0.39 is 0 Å². The molecule has 0 saturated carbocycles. The molecule has 196 valence electrons. The summed E-state index contributed by atoms with van der Waals surface area (Å²) in [6.07, 6.45) is 3.77. The molecule has 0 radical (unpaired) electrons. The lowest BCUT2D eigenvalue weighted by Gasteiger charge is -2.11. The summed E-state index contributed by atoms with van der Waals surface area (Å²) >= 11 is 0. The number of carbonyl (C=O) groups is 1. The van der Waals surface area contributed by atoms with Gasteiger partial charge < -0.3 is 4.74 Å². The highest BCUT2D eigenvalue weighted by Crippen LogP contribution is 2.30. The predicted octanol–water partition coefficient (Wildman–Crippen LogP) is 7.06. The smallest absolute Gasteiger partial charge is 0.280 e. The standard InChI is InChI=1S/C33H25FN4O2/c1-23-31(33(39)38(35-23)29-10-6-3-7-11-29)20-26-21-37(28-8-4-2-5-9-28)36-32(26)25-14-18-30(19-15-25)40-22-24-12-16-27(34)17-13-24/h2-21H,22H2,1H3. The van der Waals surface area contributed by atoms with Crippen LogP contribution in [0.25, 0.3) is 23.0 Å². The van der Waals surface area contributed by atoms with Crippen molar-refractivity contribution in [3.8, 4) is 22.7 Å². The Morgan fingerprint density at radius 1 is 0.825 bits per heavy atom. The number of rotatable bonds is 7. The molecule has 1 aliphatic heterocycles. The van der Waals surface area contributed by atoms with Gasteiger partial charge in [-0.15, -0.1) is 0 Å². The van der Waals surface area contributed by atoms with Gasteiger partial charge in [0.1, 0.15) is 18.2 Å². The van der Waals surface area contributed by atoms with Crippen LogP contribution < -0.4 is 9.75 Å². The van der Waals surface area contributed by atoms with Crippen LogP contribution in [0, 0.1) is 5.82 Å². The molecular weight excluding hydrogens is 503 g/mol. The van der Waals surface area contributed by atoms with Crippen LogP contribution >= 0.6 is 0 Å². The van der Waals surface area contributed by atoms with Gasteiger partial charge in [0, 0.05) is 17.3 Å². The Bertz CT molecular complexity index is 1710. The summed E-state index contributed by atoms with van der Waals surface area (Å²) in [6.45, 7) is 2.17. The van der Waals surface area contributed by atoms with Crippen LogP contribution in [0.5, 0.6) is 5.75 Å². The summed E-state index contributed by atoms with van der Waals surface area (Å²) in [5.41, 5.74) is 6.03. The molecule has 0 unspecified atom stereocenters. The Kier molecular flexibility index (Phi) is 6.77. The molecule has 5 aromatic rings. The third-order valence-electron chi connectivity index (χ3n) is 6.57. The summed E-state index contributed by atoms with van der Waals surface area (Å²) in [7, 11) is 0. The van der Waals surface area contributed by atoms with Crippen LogP contribution in [0.4, 0.5) is 10.1 Å². The minimum atomic E-state index is -0.276.